The van der Waals surface area contributed by atoms with E-state index in [4.69, 9.17) is 9.47 Å². The number of anilines is 1. The maximum atomic E-state index is 12.4. The smallest absolute Gasteiger partial charge is 0.343 e. The average Bonchev–Trinajstić information content (AvgIpc) is 3.03. The molecule has 1 N–H and O–H groups in total. The SMILES string of the molecule is CCOC(=O)c1c[n+]([O-])c2c(cnn2CC)c1NC1CCOCC1. The molecule has 24 heavy (non-hydrogen) atoms. The molecule has 2 aromatic rings. The van der Waals surface area contributed by atoms with Crippen LogP contribution >= 0.6 is 0 Å². The molecule has 0 unspecified atom stereocenters. The standard InChI is InChI=1S/C16H22N4O4/c1-3-19-15-12(9-17-19)14(18-11-5-7-23-8-6-11)13(10-20(15)22)16(21)24-4-2/h9-11,18H,3-8H2,1-2H3. The lowest BCUT2D eigenvalue weighted by Crippen LogP contribution is -2.34. The molecule has 1 aliphatic rings. The van der Waals surface area contributed by atoms with Gasteiger partial charge in [0.05, 0.1) is 18.5 Å². The third-order valence-corrected chi connectivity index (χ3v) is 4.17. The Hall–Kier alpha value is -2.35. The van der Waals surface area contributed by atoms with Crippen molar-refractivity contribution in [1.82, 2.24) is 9.78 Å². The summed E-state index contributed by atoms with van der Waals surface area (Å²) in [5, 5.41) is 20.7. The number of esters is 1. The number of carbonyl (C=O) groups is 1. The highest BCUT2D eigenvalue weighted by Crippen LogP contribution is 2.28. The Labute approximate surface area is 139 Å². The van der Waals surface area contributed by atoms with Gasteiger partial charge in [0.2, 0.25) is 0 Å². The molecule has 0 saturated carbocycles. The second kappa shape index (κ2) is 7.04. The van der Waals surface area contributed by atoms with Crippen LogP contribution in [0.1, 0.15) is 37.0 Å². The van der Waals surface area contributed by atoms with E-state index in [1.807, 2.05) is 6.92 Å². The van der Waals surface area contributed by atoms with Gasteiger partial charge in [-0.3, -0.25) is 0 Å². The molecular formula is C16H22N4O4. The van der Waals surface area contributed by atoms with Gasteiger partial charge in [-0.1, -0.05) is 5.10 Å². The molecule has 3 rings (SSSR count). The van der Waals surface area contributed by atoms with Crippen molar-refractivity contribution in [2.45, 2.75) is 39.3 Å². The summed E-state index contributed by atoms with van der Waals surface area (Å²) in [5.74, 6) is -0.511. The van der Waals surface area contributed by atoms with Crippen LogP contribution in [0.5, 0.6) is 0 Å². The predicted octanol–water partition coefficient (Wildman–Crippen LogP) is 1.46. The van der Waals surface area contributed by atoms with E-state index < -0.39 is 5.97 Å². The molecule has 0 amide bonds. The van der Waals surface area contributed by atoms with Crippen molar-refractivity contribution in [2.24, 2.45) is 0 Å². The second-order valence-corrected chi connectivity index (χ2v) is 5.69. The molecule has 1 fully saturated rings. The zero-order chi connectivity index (χ0) is 17.1. The van der Waals surface area contributed by atoms with Crippen molar-refractivity contribution in [3.05, 3.63) is 23.2 Å². The largest absolute Gasteiger partial charge is 0.711 e. The summed E-state index contributed by atoms with van der Waals surface area (Å²) in [5.41, 5.74) is 1.28. The van der Waals surface area contributed by atoms with Crippen LogP contribution in [0.3, 0.4) is 0 Å². The molecule has 1 saturated heterocycles. The Balaban J connectivity index is 2.09. The van der Waals surface area contributed by atoms with Crippen LogP contribution in [-0.2, 0) is 16.0 Å². The third kappa shape index (κ3) is 3.01. The Morgan fingerprint density at radius 3 is 2.92 bits per heavy atom. The van der Waals surface area contributed by atoms with Crippen LogP contribution in [0.25, 0.3) is 11.0 Å². The number of hydrogen-bond donors (Lipinski definition) is 1. The molecule has 8 heteroatoms. The first kappa shape index (κ1) is 16.5. The topological polar surface area (TPSA) is 92.3 Å². The van der Waals surface area contributed by atoms with Crippen molar-refractivity contribution in [3.63, 3.8) is 0 Å². The third-order valence-electron chi connectivity index (χ3n) is 4.17. The van der Waals surface area contributed by atoms with Gasteiger partial charge in [-0.15, -0.1) is 4.68 Å². The van der Waals surface area contributed by atoms with E-state index >= 15 is 0 Å². The highest BCUT2D eigenvalue weighted by atomic mass is 16.5. The number of carbonyl (C=O) groups excluding carboxylic acids is 1. The van der Waals surface area contributed by atoms with E-state index in [9.17, 15) is 10.0 Å². The molecule has 0 spiro atoms. The van der Waals surface area contributed by atoms with Gasteiger partial charge in [0.25, 0.3) is 0 Å². The molecule has 8 nitrogen and oxygen atoms in total. The van der Waals surface area contributed by atoms with E-state index in [1.54, 1.807) is 17.8 Å². The maximum absolute atomic E-state index is 12.4. The van der Waals surface area contributed by atoms with Gasteiger partial charge in [0.15, 0.2) is 0 Å². The molecule has 0 bridgehead atoms. The Morgan fingerprint density at radius 1 is 1.50 bits per heavy atom. The lowest BCUT2D eigenvalue weighted by atomic mass is 10.1. The minimum Gasteiger partial charge on any atom is -0.711 e. The van der Waals surface area contributed by atoms with Crippen LogP contribution in [0, 0.1) is 5.21 Å². The molecule has 0 radical (unpaired) electrons. The van der Waals surface area contributed by atoms with Gasteiger partial charge < -0.3 is 20.0 Å². The molecule has 3 heterocycles. The van der Waals surface area contributed by atoms with Gasteiger partial charge in [-0.05, 0) is 26.7 Å². The average molecular weight is 334 g/mol. The number of aromatic nitrogens is 3. The highest BCUT2D eigenvalue weighted by molar-refractivity contribution is 6.03. The number of rotatable bonds is 5. The molecule has 130 valence electrons. The Kier molecular flexibility index (Phi) is 4.84. The second-order valence-electron chi connectivity index (χ2n) is 5.69. The summed E-state index contributed by atoms with van der Waals surface area (Å²) >= 11 is 0. The number of nitrogens with one attached hydrogen (secondary N) is 1. The Bertz CT molecular complexity index is 737. The van der Waals surface area contributed by atoms with Gasteiger partial charge in [-0.25, -0.2) is 9.52 Å². The normalized spacial score (nSPS) is 15.6. The van der Waals surface area contributed by atoms with E-state index in [2.05, 4.69) is 10.4 Å². The van der Waals surface area contributed by atoms with E-state index in [1.165, 1.54) is 6.20 Å². The molecule has 0 aliphatic carbocycles. The number of fused-ring (bicyclic) bond motifs is 1. The van der Waals surface area contributed by atoms with Crippen molar-refractivity contribution in [3.8, 4) is 0 Å². The van der Waals surface area contributed by atoms with Gasteiger partial charge in [0.1, 0.15) is 23.7 Å². The van der Waals surface area contributed by atoms with Crippen LogP contribution in [0.4, 0.5) is 5.69 Å². The summed E-state index contributed by atoms with van der Waals surface area (Å²) in [6, 6.07) is 0.183. The molecule has 2 aromatic heterocycles. The fourth-order valence-corrected chi connectivity index (χ4v) is 2.97. The first-order valence-electron chi connectivity index (χ1n) is 8.28. The van der Waals surface area contributed by atoms with Gasteiger partial charge in [0, 0.05) is 19.3 Å². The fraction of sp³-hybridized carbons (Fsp3) is 0.562. The number of aryl methyl sites for hydroxylation is 1. The Morgan fingerprint density at radius 2 is 2.25 bits per heavy atom. The fourth-order valence-electron chi connectivity index (χ4n) is 2.97. The van der Waals surface area contributed by atoms with Crippen LogP contribution < -0.4 is 10.0 Å². The lowest BCUT2D eigenvalue weighted by Gasteiger charge is -2.25. The van der Waals surface area contributed by atoms with Crippen LogP contribution in [-0.4, -0.2) is 41.6 Å². The number of hydrogen-bond acceptors (Lipinski definition) is 6. The van der Waals surface area contributed by atoms with Crippen LogP contribution in [0.15, 0.2) is 12.4 Å². The molecular weight excluding hydrogens is 312 g/mol. The van der Waals surface area contributed by atoms with Crippen molar-refractivity contribution >= 4 is 22.7 Å². The summed E-state index contributed by atoms with van der Waals surface area (Å²) in [7, 11) is 0. The molecule has 1 aliphatic heterocycles. The first-order chi connectivity index (χ1) is 11.7. The zero-order valence-corrected chi connectivity index (χ0v) is 13.9. The summed E-state index contributed by atoms with van der Waals surface area (Å²) in [6.45, 7) is 5.83. The first-order valence-corrected chi connectivity index (χ1v) is 8.28. The maximum Gasteiger partial charge on any atom is 0.343 e. The van der Waals surface area contributed by atoms with E-state index in [0.717, 1.165) is 12.8 Å². The molecule has 0 aromatic carbocycles. The lowest BCUT2D eigenvalue weighted by molar-refractivity contribution is -0.580. The molecule has 0 atom stereocenters. The van der Waals surface area contributed by atoms with Gasteiger partial charge in [-0.2, -0.15) is 0 Å². The predicted molar refractivity (Wildman–Crippen MR) is 87.8 cm³/mol. The monoisotopic (exact) mass is 334 g/mol. The van der Waals surface area contributed by atoms with Crippen molar-refractivity contribution < 1.29 is 19.0 Å². The quantitative estimate of drug-likeness (QED) is 0.505. The highest BCUT2D eigenvalue weighted by Gasteiger charge is 2.26. The van der Waals surface area contributed by atoms with E-state index in [0.29, 0.717) is 41.2 Å². The summed E-state index contributed by atoms with van der Waals surface area (Å²) in [4.78, 5) is 12.3. The van der Waals surface area contributed by atoms with E-state index in [-0.39, 0.29) is 18.2 Å². The zero-order valence-electron chi connectivity index (χ0n) is 13.9. The van der Waals surface area contributed by atoms with Crippen LogP contribution in [0.2, 0.25) is 0 Å². The summed E-state index contributed by atoms with van der Waals surface area (Å²) < 4.78 is 12.8. The summed E-state index contributed by atoms with van der Waals surface area (Å²) in [6.07, 6.45) is 4.59. The number of ether oxygens (including phenoxy) is 2. The minimum atomic E-state index is -0.511. The van der Waals surface area contributed by atoms with Gasteiger partial charge >= 0.3 is 11.6 Å². The van der Waals surface area contributed by atoms with Crippen molar-refractivity contribution in [2.75, 3.05) is 25.1 Å². The minimum absolute atomic E-state index is 0.183. The number of pyridine rings is 1. The van der Waals surface area contributed by atoms with Crippen molar-refractivity contribution in [1.29, 1.82) is 0 Å². The number of nitrogens with zero attached hydrogens (tertiary/aromatic N) is 3.